The van der Waals surface area contributed by atoms with Crippen molar-refractivity contribution in [1.82, 2.24) is 10.6 Å². The lowest BCUT2D eigenvalue weighted by atomic mass is 10.1. The van der Waals surface area contributed by atoms with Gasteiger partial charge in [-0.2, -0.15) is 11.3 Å². The van der Waals surface area contributed by atoms with Crippen molar-refractivity contribution in [2.45, 2.75) is 19.4 Å². The summed E-state index contributed by atoms with van der Waals surface area (Å²) in [6.45, 7) is 1.73. The largest absolute Gasteiger partial charge is 0.356 e. The van der Waals surface area contributed by atoms with Crippen molar-refractivity contribution in [3.05, 3.63) is 56.7 Å². The SMILES string of the molecule is CN=C(NCCCc1cccc(Br)c1)NCc1ccsc1. The Kier molecular flexibility index (Phi) is 6.76. The average Bonchev–Trinajstić information content (AvgIpc) is 3.00. The molecule has 1 heterocycles. The standard InChI is InChI=1S/C16H20BrN3S/c1-18-16(20-11-14-7-9-21-12-14)19-8-3-5-13-4-2-6-15(17)10-13/h2,4,6-7,9-10,12H,3,5,8,11H2,1H3,(H2,18,19,20). The normalized spacial score (nSPS) is 11.4. The van der Waals surface area contributed by atoms with Crippen LogP contribution in [0.4, 0.5) is 0 Å². The smallest absolute Gasteiger partial charge is 0.191 e. The molecule has 0 atom stereocenters. The van der Waals surface area contributed by atoms with Crippen LogP contribution < -0.4 is 10.6 Å². The number of hydrogen-bond acceptors (Lipinski definition) is 2. The summed E-state index contributed by atoms with van der Waals surface area (Å²) in [6.07, 6.45) is 2.14. The minimum Gasteiger partial charge on any atom is -0.356 e. The van der Waals surface area contributed by atoms with Gasteiger partial charge in [-0.05, 0) is 52.9 Å². The van der Waals surface area contributed by atoms with Crippen molar-refractivity contribution in [1.29, 1.82) is 0 Å². The van der Waals surface area contributed by atoms with E-state index in [9.17, 15) is 0 Å². The zero-order valence-corrected chi connectivity index (χ0v) is 14.5. The number of hydrogen-bond donors (Lipinski definition) is 2. The molecule has 0 saturated carbocycles. The van der Waals surface area contributed by atoms with E-state index in [2.05, 4.69) is 72.6 Å². The summed E-state index contributed by atoms with van der Waals surface area (Å²) in [4.78, 5) is 4.24. The van der Waals surface area contributed by atoms with E-state index in [0.717, 1.165) is 36.4 Å². The van der Waals surface area contributed by atoms with E-state index in [-0.39, 0.29) is 0 Å². The van der Waals surface area contributed by atoms with E-state index in [1.165, 1.54) is 11.1 Å². The highest BCUT2D eigenvalue weighted by atomic mass is 79.9. The Morgan fingerprint density at radius 1 is 1.24 bits per heavy atom. The van der Waals surface area contributed by atoms with Gasteiger partial charge in [-0.1, -0.05) is 28.1 Å². The molecule has 5 heteroatoms. The van der Waals surface area contributed by atoms with Crippen molar-refractivity contribution in [3.63, 3.8) is 0 Å². The van der Waals surface area contributed by atoms with Crippen LogP contribution in [0.5, 0.6) is 0 Å². The Labute approximate surface area is 138 Å². The summed E-state index contributed by atoms with van der Waals surface area (Å²) in [6, 6.07) is 10.6. The van der Waals surface area contributed by atoms with Gasteiger partial charge < -0.3 is 10.6 Å². The van der Waals surface area contributed by atoms with Crippen LogP contribution in [-0.2, 0) is 13.0 Å². The Balaban J connectivity index is 1.66. The number of guanidine groups is 1. The van der Waals surface area contributed by atoms with Crippen LogP contribution in [-0.4, -0.2) is 19.6 Å². The molecule has 1 aromatic heterocycles. The topological polar surface area (TPSA) is 36.4 Å². The van der Waals surface area contributed by atoms with Gasteiger partial charge in [-0.3, -0.25) is 4.99 Å². The van der Waals surface area contributed by atoms with E-state index in [0.29, 0.717) is 0 Å². The number of rotatable bonds is 6. The summed E-state index contributed by atoms with van der Waals surface area (Å²) < 4.78 is 1.14. The van der Waals surface area contributed by atoms with E-state index in [4.69, 9.17) is 0 Å². The maximum atomic E-state index is 4.24. The molecule has 0 amide bonds. The van der Waals surface area contributed by atoms with Gasteiger partial charge in [-0.25, -0.2) is 0 Å². The number of nitrogens with one attached hydrogen (secondary N) is 2. The second-order valence-electron chi connectivity index (χ2n) is 4.72. The summed E-state index contributed by atoms with van der Waals surface area (Å²) in [7, 11) is 1.80. The predicted octanol–water partition coefficient (Wildman–Crippen LogP) is 3.81. The molecule has 2 N–H and O–H groups in total. The minimum absolute atomic E-state index is 0.814. The molecule has 0 bridgehead atoms. The number of thiophene rings is 1. The fourth-order valence-electron chi connectivity index (χ4n) is 1.99. The molecular weight excluding hydrogens is 346 g/mol. The van der Waals surface area contributed by atoms with Crippen molar-refractivity contribution < 1.29 is 0 Å². The highest BCUT2D eigenvalue weighted by molar-refractivity contribution is 9.10. The second kappa shape index (κ2) is 8.85. The summed E-state index contributed by atoms with van der Waals surface area (Å²) in [5.74, 6) is 0.857. The van der Waals surface area contributed by atoms with Crippen LogP contribution in [0.1, 0.15) is 17.5 Å². The van der Waals surface area contributed by atoms with E-state index >= 15 is 0 Å². The van der Waals surface area contributed by atoms with Gasteiger partial charge >= 0.3 is 0 Å². The molecule has 0 aliphatic heterocycles. The Bertz CT molecular complexity index is 567. The quantitative estimate of drug-likeness (QED) is 0.463. The molecule has 112 valence electrons. The van der Waals surface area contributed by atoms with Crippen molar-refractivity contribution in [2.75, 3.05) is 13.6 Å². The zero-order valence-electron chi connectivity index (χ0n) is 12.1. The van der Waals surface area contributed by atoms with Gasteiger partial charge in [0.25, 0.3) is 0 Å². The lowest BCUT2D eigenvalue weighted by Crippen LogP contribution is -2.37. The van der Waals surface area contributed by atoms with Crippen molar-refractivity contribution in [2.24, 2.45) is 4.99 Å². The third kappa shape index (κ3) is 5.89. The Morgan fingerprint density at radius 2 is 2.14 bits per heavy atom. The first kappa shape index (κ1) is 16.0. The zero-order chi connectivity index (χ0) is 14.9. The molecule has 0 unspecified atom stereocenters. The molecule has 3 nitrogen and oxygen atoms in total. The van der Waals surface area contributed by atoms with Gasteiger partial charge in [0.2, 0.25) is 0 Å². The number of aryl methyl sites for hydroxylation is 1. The second-order valence-corrected chi connectivity index (χ2v) is 6.41. The first-order valence-electron chi connectivity index (χ1n) is 6.98. The van der Waals surface area contributed by atoms with Crippen LogP contribution in [0.2, 0.25) is 0 Å². The summed E-state index contributed by atoms with van der Waals surface area (Å²) in [5, 5.41) is 10.9. The van der Waals surface area contributed by atoms with Gasteiger partial charge in [0.15, 0.2) is 5.96 Å². The van der Waals surface area contributed by atoms with Crippen LogP contribution in [0.3, 0.4) is 0 Å². The molecule has 0 spiro atoms. The van der Waals surface area contributed by atoms with Crippen molar-refractivity contribution in [3.8, 4) is 0 Å². The number of halogens is 1. The first-order valence-corrected chi connectivity index (χ1v) is 8.71. The third-order valence-corrected chi connectivity index (χ3v) is 4.31. The number of aliphatic imine (C=N–C) groups is 1. The highest BCUT2D eigenvalue weighted by Crippen LogP contribution is 2.12. The van der Waals surface area contributed by atoms with Crippen LogP contribution in [0, 0.1) is 0 Å². The lowest BCUT2D eigenvalue weighted by Gasteiger charge is -2.11. The Hall–Kier alpha value is -1.33. The van der Waals surface area contributed by atoms with Gasteiger partial charge in [0, 0.05) is 24.6 Å². The molecule has 2 rings (SSSR count). The Morgan fingerprint density at radius 3 is 2.86 bits per heavy atom. The van der Waals surface area contributed by atoms with Crippen LogP contribution in [0.15, 0.2) is 50.6 Å². The predicted molar refractivity (Wildman–Crippen MR) is 95.0 cm³/mol. The summed E-state index contributed by atoms with van der Waals surface area (Å²) in [5.41, 5.74) is 2.64. The van der Waals surface area contributed by atoms with Gasteiger partial charge in [-0.15, -0.1) is 0 Å². The summed E-state index contributed by atoms with van der Waals surface area (Å²) >= 11 is 5.22. The fraction of sp³-hybridized carbons (Fsp3) is 0.312. The molecular formula is C16H20BrN3S. The van der Waals surface area contributed by atoms with Gasteiger partial charge in [0.1, 0.15) is 0 Å². The van der Waals surface area contributed by atoms with Crippen LogP contribution >= 0.6 is 27.3 Å². The third-order valence-electron chi connectivity index (χ3n) is 3.09. The first-order chi connectivity index (χ1) is 10.3. The lowest BCUT2D eigenvalue weighted by molar-refractivity contribution is 0.742. The molecule has 0 radical (unpaired) electrons. The van der Waals surface area contributed by atoms with E-state index in [1.54, 1.807) is 18.4 Å². The molecule has 1 aromatic carbocycles. The fourth-order valence-corrected chi connectivity index (χ4v) is 3.11. The van der Waals surface area contributed by atoms with Crippen molar-refractivity contribution >= 4 is 33.2 Å². The van der Waals surface area contributed by atoms with Crippen LogP contribution in [0.25, 0.3) is 0 Å². The molecule has 2 aromatic rings. The minimum atomic E-state index is 0.814. The molecule has 0 saturated heterocycles. The molecule has 0 aliphatic rings. The number of benzene rings is 1. The highest BCUT2D eigenvalue weighted by Gasteiger charge is 1.99. The molecule has 21 heavy (non-hydrogen) atoms. The van der Waals surface area contributed by atoms with E-state index in [1.807, 2.05) is 0 Å². The average molecular weight is 366 g/mol. The van der Waals surface area contributed by atoms with Gasteiger partial charge in [0.05, 0.1) is 0 Å². The maximum Gasteiger partial charge on any atom is 0.191 e. The van der Waals surface area contributed by atoms with E-state index < -0.39 is 0 Å². The molecule has 0 fully saturated rings. The number of nitrogens with zero attached hydrogens (tertiary/aromatic N) is 1. The molecule has 0 aliphatic carbocycles. The maximum absolute atomic E-state index is 4.24. The monoisotopic (exact) mass is 365 g/mol.